The molecule has 0 aromatic heterocycles. The maximum atomic E-state index is 4.81. The monoisotopic (exact) mass is 796 g/mol. The first-order valence-corrected chi connectivity index (χ1v) is 25.3. The van der Waals surface area contributed by atoms with E-state index >= 15 is 0 Å². The van der Waals surface area contributed by atoms with Crippen LogP contribution in [0.2, 0.25) is 0 Å². The molecule has 6 saturated carbocycles. The zero-order chi connectivity index (χ0) is 27.1. The van der Waals surface area contributed by atoms with Crippen molar-refractivity contribution in [3.63, 3.8) is 0 Å². The number of hydrogen-bond acceptors (Lipinski definition) is 0. The average molecular weight is 798 g/mol. The van der Waals surface area contributed by atoms with Crippen LogP contribution in [0.1, 0.15) is 180 Å². The molecule has 6 heteroatoms. The molecule has 254 valence electrons. The Morgan fingerprint density at radius 3 is 0.571 bits per heavy atom. The van der Waals surface area contributed by atoms with Crippen LogP contribution in [0.4, 0.5) is 0 Å². The van der Waals surface area contributed by atoms with E-state index in [9.17, 15) is 0 Å². The topological polar surface area (TPSA) is 0 Å². The van der Waals surface area contributed by atoms with Crippen LogP contribution in [0, 0.1) is 14.9 Å². The quantitative estimate of drug-likeness (QED) is 0.143. The van der Waals surface area contributed by atoms with Gasteiger partial charge in [-0.2, -0.15) is 0 Å². The van der Waals surface area contributed by atoms with Crippen molar-refractivity contribution >= 4 is 34.9 Å². The maximum Gasteiger partial charge on any atom is 2.00 e. The fourth-order valence-electron chi connectivity index (χ4n) is 10.3. The molecule has 0 N–H and O–H groups in total. The SMILES string of the molecule is C1CCC([PH+](C2CCCCC2)C2CCCC2)CC1.C1CCC([PH+](C2CCCCC2)C2CCCC2)CC1.[CH3-].[CH3-].[Cl][Pd][Cl].[Fe+2]. The zero-order valence-corrected chi connectivity index (χ0v) is 33.9. The van der Waals surface area contributed by atoms with Gasteiger partial charge in [0.1, 0.15) is 0 Å². The van der Waals surface area contributed by atoms with Gasteiger partial charge in [0.25, 0.3) is 0 Å². The van der Waals surface area contributed by atoms with Crippen molar-refractivity contribution in [2.75, 3.05) is 0 Å². The maximum absolute atomic E-state index is 4.81. The third kappa shape index (κ3) is 14.0. The molecule has 6 fully saturated rings. The van der Waals surface area contributed by atoms with E-state index in [1.54, 1.807) is 180 Å². The fourth-order valence-corrected chi connectivity index (χ4v) is 20.7. The molecule has 42 heavy (non-hydrogen) atoms. The van der Waals surface area contributed by atoms with Crippen LogP contribution in [-0.4, -0.2) is 34.0 Å². The van der Waals surface area contributed by atoms with E-state index in [1.807, 2.05) is 0 Å². The molecule has 0 heterocycles. The summed E-state index contributed by atoms with van der Waals surface area (Å²) >= 11 is -0.106. The summed E-state index contributed by atoms with van der Waals surface area (Å²) in [7, 11) is 9.58. The molecule has 0 aromatic rings. The Labute approximate surface area is 294 Å². The molecule has 0 radical (unpaired) electrons. The molecule has 0 unspecified atom stereocenters. The molecule has 0 saturated heterocycles. The van der Waals surface area contributed by atoms with Gasteiger partial charge in [0.2, 0.25) is 0 Å². The van der Waals surface area contributed by atoms with E-state index in [-0.39, 0.29) is 63.7 Å². The third-order valence-electron chi connectivity index (χ3n) is 12.0. The van der Waals surface area contributed by atoms with Crippen molar-refractivity contribution in [2.45, 2.75) is 214 Å². The van der Waals surface area contributed by atoms with Gasteiger partial charge in [-0.3, -0.25) is 0 Å². The van der Waals surface area contributed by atoms with Gasteiger partial charge in [0, 0.05) is 15.8 Å². The second kappa shape index (κ2) is 25.6. The largest absolute Gasteiger partial charge is 2.00 e. The predicted octanol–water partition coefficient (Wildman–Crippen LogP) is 13.9. The van der Waals surface area contributed by atoms with Gasteiger partial charge in [0.05, 0.1) is 34.0 Å². The summed E-state index contributed by atoms with van der Waals surface area (Å²) in [6, 6.07) is 0. The molecule has 6 aliphatic carbocycles. The van der Waals surface area contributed by atoms with E-state index in [2.05, 4.69) is 0 Å². The molecule has 0 bridgehead atoms. The Morgan fingerprint density at radius 2 is 0.429 bits per heavy atom. The Morgan fingerprint density at radius 1 is 0.310 bits per heavy atom. The van der Waals surface area contributed by atoms with E-state index < -0.39 is 0 Å². The van der Waals surface area contributed by atoms with Gasteiger partial charge in [-0.15, -0.1) is 0 Å². The van der Waals surface area contributed by atoms with Crippen molar-refractivity contribution < 1.29 is 33.0 Å². The van der Waals surface area contributed by atoms with Crippen LogP contribution in [0.5, 0.6) is 0 Å². The van der Waals surface area contributed by atoms with Crippen molar-refractivity contribution in [2.24, 2.45) is 0 Å². The minimum atomic E-state index is -0.106. The standard InChI is InChI=1S/2C17H31P.2CH3.2ClH.Fe.Pd/c2*1-3-9-15(10-4-1)18(17-13-7-8-14-17)16-11-5-2-6-12-16;;;;;;/h2*15-17H,1-14H2;2*1H3;2*1H;;/q;;2*-1;;;2*+2. The first-order valence-electron chi connectivity index (χ1n) is 17.9. The smallest absolute Gasteiger partial charge is 2.00 e. The van der Waals surface area contributed by atoms with E-state index in [1.165, 1.54) is 34.0 Å². The molecule has 0 spiro atoms. The predicted molar refractivity (Wildman–Crippen MR) is 193 cm³/mol. The molecule has 0 amide bonds. The van der Waals surface area contributed by atoms with Crippen molar-refractivity contribution in [3.8, 4) is 0 Å². The molecular weight excluding hydrogens is 728 g/mol. The molecule has 6 rings (SSSR count). The summed E-state index contributed by atoms with van der Waals surface area (Å²) in [6.45, 7) is 0. The first kappa shape index (κ1) is 42.6. The van der Waals surface area contributed by atoms with Crippen LogP contribution in [0.15, 0.2) is 0 Å². The Bertz CT molecular complexity index is 520. The van der Waals surface area contributed by atoms with E-state index in [4.69, 9.17) is 19.1 Å². The minimum absolute atomic E-state index is 0. The van der Waals surface area contributed by atoms with Crippen molar-refractivity contribution in [1.82, 2.24) is 0 Å². The fraction of sp³-hybridized carbons (Fsp3) is 0.944. The number of halogens is 2. The molecule has 0 nitrogen and oxygen atoms in total. The summed E-state index contributed by atoms with van der Waals surface area (Å²) in [5.41, 5.74) is 7.40. The molecule has 0 atom stereocenters. The van der Waals surface area contributed by atoms with Crippen LogP contribution in [0.3, 0.4) is 0 Å². The first-order chi connectivity index (χ1) is 19.3. The van der Waals surface area contributed by atoms with E-state index in [0.717, 1.165) is 0 Å². The molecule has 6 aliphatic rings. The molecule has 0 aliphatic heterocycles. The second-order valence-corrected chi connectivity index (χ2v) is 23.6. The summed E-state index contributed by atoms with van der Waals surface area (Å²) in [5.74, 6) is 0. The van der Waals surface area contributed by atoms with E-state index in [0.29, 0.717) is 0 Å². The van der Waals surface area contributed by atoms with Gasteiger partial charge in [-0.25, -0.2) is 0 Å². The third-order valence-corrected chi connectivity index (χ3v) is 21.1. The van der Waals surface area contributed by atoms with Gasteiger partial charge >= 0.3 is 52.1 Å². The van der Waals surface area contributed by atoms with Crippen molar-refractivity contribution in [1.29, 1.82) is 0 Å². The summed E-state index contributed by atoms with van der Waals surface area (Å²) < 4.78 is 0. The van der Waals surface area contributed by atoms with Crippen LogP contribution in [0.25, 0.3) is 0 Å². The summed E-state index contributed by atoms with van der Waals surface area (Å²) in [6.07, 6.45) is 44.5. The summed E-state index contributed by atoms with van der Waals surface area (Å²) in [5, 5.41) is 0. The van der Waals surface area contributed by atoms with Gasteiger partial charge < -0.3 is 14.9 Å². The van der Waals surface area contributed by atoms with Gasteiger partial charge in [-0.05, 0) is 154 Å². The summed E-state index contributed by atoms with van der Waals surface area (Å²) in [4.78, 5) is 0. The number of rotatable bonds is 6. The Hall–Kier alpha value is 2.62. The average Bonchev–Trinajstić information content (AvgIpc) is 3.72. The van der Waals surface area contributed by atoms with Gasteiger partial charge in [-0.1, -0.05) is 25.7 Å². The Balaban J connectivity index is 0.000000361. The molecule has 0 aromatic carbocycles. The normalized spacial score (nSPS) is 25.5. The molecular formula is C36H70Cl2FeP2Pd+2. The van der Waals surface area contributed by atoms with Crippen LogP contribution in [-0.2, 0) is 33.0 Å². The van der Waals surface area contributed by atoms with Crippen LogP contribution >= 0.6 is 34.9 Å². The van der Waals surface area contributed by atoms with Gasteiger partial charge in [0.15, 0.2) is 0 Å². The second-order valence-electron chi connectivity index (χ2n) is 14.3. The van der Waals surface area contributed by atoms with Crippen molar-refractivity contribution in [3.05, 3.63) is 14.9 Å². The zero-order valence-electron chi connectivity index (χ0n) is 27.7. The number of hydrogen-bond donors (Lipinski definition) is 0. The van der Waals surface area contributed by atoms with Crippen LogP contribution < -0.4 is 0 Å². The minimum Gasteiger partial charge on any atom is 2.00 e. The Kier molecular flexibility index (Phi) is 26.0.